The minimum Gasteiger partial charge on any atom is -0.462 e. The zero-order valence-corrected chi connectivity index (χ0v) is 14.3. The molecule has 1 atom stereocenters. The summed E-state index contributed by atoms with van der Waals surface area (Å²) in [5.74, 6) is -0.264. The van der Waals surface area contributed by atoms with Crippen molar-refractivity contribution in [2.45, 2.75) is 45.6 Å². The average Bonchev–Trinajstić information content (AvgIpc) is 3.14. The van der Waals surface area contributed by atoms with E-state index in [1.165, 1.54) is 6.42 Å². The fraction of sp³-hybridized carbons (Fsp3) is 0.500. The molecular weight excluding hydrogens is 304 g/mol. The Morgan fingerprint density at radius 2 is 2.08 bits per heavy atom. The first-order chi connectivity index (χ1) is 11.7. The largest absolute Gasteiger partial charge is 0.462 e. The van der Waals surface area contributed by atoms with Gasteiger partial charge in [-0.2, -0.15) is 0 Å². The molecule has 0 aliphatic carbocycles. The summed E-state index contributed by atoms with van der Waals surface area (Å²) < 4.78 is 7.20. The van der Waals surface area contributed by atoms with Crippen molar-refractivity contribution < 1.29 is 9.53 Å². The van der Waals surface area contributed by atoms with Gasteiger partial charge in [0.2, 0.25) is 0 Å². The second kappa shape index (κ2) is 7.47. The van der Waals surface area contributed by atoms with Gasteiger partial charge in [0, 0.05) is 18.3 Å². The molecule has 1 aromatic carbocycles. The predicted octanol–water partition coefficient (Wildman–Crippen LogP) is 3.21. The van der Waals surface area contributed by atoms with Crippen LogP contribution < -0.4 is 4.90 Å². The number of carbonyl (C=O) groups excluding carboxylic acids is 1. The number of hydrogen-bond donors (Lipinski definition) is 0. The number of benzene rings is 1. The Labute approximate surface area is 142 Å². The van der Waals surface area contributed by atoms with E-state index in [0.29, 0.717) is 18.2 Å². The summed E-state index contributed by atoms with van der Waals surface area (Å²) in [5.41, 5.74) is 2.43. The van der Waals surface area contributed by atoms with Gasteiger partial charge < -0.3 is 9.64 Å². The summed E-state index contributed by atoms with van der Waals surface area (Å²) in [6.45, 7) is 5.62. The highest BCUT2D eigenvalue weighted by Crippen LogP contribution is 2.30. The summed E-state index contributed by atoms with van der Waals surface area (Å²) in [4.78, 5) is 14.9. The molecule has 128 valence electrons. The molecule has 6 nitrogen and oxygen atoms in total. The number of nitrogens with zero attached hydrogens (tertiary/aromatic N) is 4. The highest BCUT2D eigenvalue weighted by atomic mass is 16.5. The first kappa shape index (κ1) is 16.5. The van der Waals surface area contributed by atoms with Gasteiger partial charge >= 0.3 is 5.97 Å². The summed E-state index contributed by atoms with van der Waals surface area (Å²) in [7, 11) is 0. The zero-order chi connectivity index (χ0) is 16.9. The van der Waals surface area contributed by atoms with Crippen molar-refractivity contribution in [3.63, 3.8) is 0 Å². The number of carbonyl (C=O) groups is 1. The molecule has 1 fully saturated rings. The molecule has 1 aliphatic heterocycles. The van der Waals surface area contributed by atoms with Gasteiger partial charge in [0.25, 0.3) is 0 Å². The van der Waals surface area contributed by atoms with Gasteiger partial charge in [-0.15, -0.1) is 10.2 Å². The fourth-order valence-corrected chi connectivity index (χ4v) is 3.16. The van der Waals surface area contributed by atoms with E-state index in [2.05, 4.69) is 22.0 Å². The third-order valence-electron chi connectivity index (χ3n) is 4.47. The minimum atomic E-state index is -0.264. The van der Waals surface area contributed by atoms with E-state index >= 15 is 0 Å². The van der Waals surface area contributed by atoms with E-state index in [1.54, 1.807) is 17.2 Å². The van der Waals surface area contributed by atoms with Crippen molar-refractivity contribution in [2.75, 3.05) is 18.1 Å². The van der Waals surface area contributed by atoms with Gasteiger partial charge in [0.05, 0.1) is 17.9 Å². The van der Waals surface area contributed by atoms with Crippen LogP contribution in [0.4, 0.5) is 5.69 Å². The lowest BCUT2D eigenvalue weighted by Crippen LogP contribution is -2.38. The van der Waals surface area contributed by atoms with Crippen LogP contribution in [0.5, 0.6) is 0 Å². The molecular formula is C18H24N4O2. The summed E-state index contributed by atoms with van der Waals surface area (Å²) in [6, 6.07) is 6.31. The molecule has 1 aromatic heterocycles. The van der Waals surface area contributed by atoms with Crippen LogP contribution in [0.15, 0.2) is 30.9 Å². The second-order valence-electron chi connectivity index (χ2n) is 6.24. The maximum atomic E-state index is 12.6. The Morgan fingerprint density at radius 1 is 1.29 bits per heavy atom. The van der Waals surface area contributed by atoms with Gasteiger partial charge in [-0.1, -0.05) is 6.92 Å². The van der Waals surface area contributed by atoms with E-state index in [9.17, 15) is 4.79 Å². The number of rotatable bonds is 5. The van der Waals surface area contributed by atoms with Crippen molar-refractivity contribution in [1.29, 1.82) is 0 Å². The van der Waals surface area contributed by atoms with Crippen LogP contribution in [-0.4, -0.2) is 39.9 Å². The molecule has 1 unspecified atom stereocenters. The smallest absolute Gasteiger partial charge is 0.340 e. The van der Waals surface area contributed by atoms with E-state index in [0.717, 1.165) is 37.2 Å². The Hall–Kier alpha value is -2.37. The minimum absolute atomic E-state index is 0.264. The quantitative estimate of drug-likeness (QED) is 0.789. The number of hydrogen-bond acceptors (Lipinski definition) is 5. The molecule has 0 saturated carbocycles. The van der Waals surface area contributed by atoms with Crippen molar-refractivity contribution in [3.05, 3.63) is 36.4 Å². The molecule has 1 saturated heterocycles. The lowest BCUT2D eigenvalue weighted by atomic mass is 10.0. The van der Waals surface area contributed by atoms with Crippen molar-refractivity contribution in [3.8, 4) is 5.69 Å². The van der Waals surface area contributed by atoms with Crippen LogP contribution in [0, 0.1) is 0 Å². The summed E-state index contributed by atoms with van der Waals surface area (Å²) in [6.07, 6.45) is 7.61. The molecule has 0 spiro atoms. The van der Waals surface area contributed by atoms with E-state index < -0.39 is 0 Å². The van der Waals surface area contributed by atoms with Crippen molar-refractivity contribution in [2.24, 2.45) is 0 Å². The monoisotopic (exact) mass is 328 g/mol. The third-order valence-corrected chi connectivity index (χ3v) is 4.47. The molecule has 1 aliphatic rings. The molecule has 0 bridgehead atoms. The van der Waals surface area contributed by atoms with E-state index in [-0.39, 0.29) is 5.97 Å². The molecule has 6 heteroatoms. The maximum Gasteiger partial charge on any atom is 0.340 e. The van der Waals surface area contributed by atoms with Crippen molar-refractivity contribution in [1.82, 2.24) is 14.8 Å². The lowest BCUT2D eigenvalue weighted by molar-refractivity contribution is 0.0505. The van der Waals surface area contributed by atoms with Gasteiger partial charge in [-0.25, -0.2) is 4.79 Å². The zero-order valence-electron chi connectivity index (χ0n) is 14.3. The molecule has 2 aromatic rings. The van der Waals surface area contributed by atoms with E-state index in [1.807, 2.05) is 25.1 Å². The Balaban J connectivity index is 1.98. The van der Waals surface area contributed by atoms with Crippen LogP contribution in [0.25, 0.3) is 5.69 Å². The predicted molar refractivity (Wildman–Crippen MR) is 92.6 cm³/mol. The van der Waals surface area contributed by atoms with Crippen molar-refractivity contribution >= 4 is 11.7 Å². The normalized spacial score (nSPS) is 17.8. The Kier molecular flexibility index (Phi) is 5.13. The number of aromatic nitrogens is 3. The van der Waals surface area contributed by atoms with Crippen LogP contribution in [-0.2, 0) is 4.74 Å². The third kappa shape index (κ3) is 3.42. The van der Waals surface area contributed by atoms with E-state index in [4.69, 9.17) is 4.74 Å². The molecule has 0 N–H and O–H groups in total. The first-order valence-corrected chi connectivity index (χ1v) is 8.63. The number of piperidine rings is 1. The molecule has 0 amide bonds. The van der Waals surface area contributed by atoms with Crippen LogP contribution in [0.2, 0.25) is 0 Å². The van der Waals surface area contributed by atoms with Crippen LogP contribution >= 0.6 is 0 Å². The molecule has 3 rings (SSSR count). The molecule has 2 heterocycles. The highest BCUT2D eigenvalue weighted by Gasteiger charge is 2.24. The molecule has 24 heavy (non-hydrogen) atoms. The topological polar surface area (TPSA) is 60.3 Å². The summed E-state index contributed by atoms with van der Waals surface area (Å²) in [5, 5.41) is 7.67. The first-order valence-electron chi connectivity index (χ1n) is 8.63. The van der Waals surface area contributed by atoms with Gasteiger partial charge in [-0.05, 0) is 50.8 Å². The summed E-state index contributed by atoms with van der Waals surface area (Å²) >= 11 is 0. The van der Waals surface area contributed by atoms with Gasteiger partial charge in [-0.3, -0.25) is 4.57 Å². The SMILES string of the molecule is CCCOC(=O)c1cc(-n2cnnc2)ccc1N1CCCCC1C. The molecule has 0 radical (unpaired) electrons. The van der Waals surface area contributed by atoms with Gasteiger partial charge in [0.1, 0.15) is 12.7 Å². The fourth-order valence-electron chi connectivity index (χ4n) is 3.16. The van der Waals surface area contributed by atoms with Gasteiger partial charge in [0.15, 0.2) is 0 Å². The standard InChI is InChI=1S/C18H24N4O2/c1-3-10-24-18(23)16-11-15(21-12-19-20-13-21)7-8-17(16)22-9-5-4-6-14(22)2/h7-8,11-14H,3-6,9-10H2,1-2H3. The number of ether oxygens (including phenoxy) is 1. The lowest BCUT2D eigenvalue weighted by Gasteiger charge is -2.36. The highest BCUT2D eigenvalue weighted by molar-refractivity contribution is 5.96. The average molecular weight is 328 g/mol. The van der Waals surface area contributed by atoms with Crippen LogP contribution in [0.1, 0.15) is 49.9 Å². The second-order valence-corrected chi connectivity index (χ2v) is 6.24. The maximum absolute atomic E-state index is 12.6. The number of anilines is 1. The van der Waals surface area contributed by atoms with Crippen LogP contribution in [0.3, 0.4) is 0 Å². The Bertz CT molecular complexity index is 684. The Morgan fingerprint density at radius 3 is 2.79 bits per heavy atom. The number of esters is 1.